The van der Waals surface area contributed by atoms with Crippen LogP contribution in [0.1, 0.15) is 47.0 Å². The van der Waals surface area contributed by atoms with E-state index in [-0.39, 0.29) is 28.3 Å². The number of Topliss-reactive ketones (excluding diaryl/α,β-unsaturated/α-hetero) is 2. The highest BCUT2D eigenvalue weighted by Gasteiger charge is 2.67. The highest BCUT2D eigenvalue weighted by Crippen LogP contribution is 2.65. The minimum Gasteiger partial charge on any atom is -0.299 e. The van der Waals surface area contributed by atoms with Crippen LogP contribution < -0.4 is 0 Å². The molecule has 0 aliphatic heterocycles. The van der Waals surface area contributed by atoms with Crippen LogP contribution in [0.4, 0.5) is 0 Å². The molecule has 0 spiro atoms. The van der Waals surface area contributed by atoms with Crippen molar-refractivity contribution >= 4 is 11.6 Å². The molecule has 3 atom stereocenters. The maximum absolute atomic E-state index is 12.3. The maximum atomic E-state index is 12.3. The molecule has 15 heavy (non-hydrogen) atoms. The smallest absolute Gasteiger partial charge is 0.150 e. The lowest BCUT2D eigenvalue weighted by Crippen LogP contribution is -2.35. The Bertz CT molecular complexity index is 329. The molecule has 2 bridgehead atoms. The van der Waals surface area contributed by atoms with E-state index in [1.54, 1.807) is 0 Å². The molecule has 84 valence electrons. The normalized spacial score (nSPS) is 42.3. The van der Waals surface area contributed by atoms with Crippen LogP contribution in [-0.4, -0.2) is 11.6 Å². The summed E-state index contributed by atoms with van der Waals surface area (Å²) in [6.07, 6.45) is 2.52. The summed E-state index contributed by atoms with van der Waals surface area (Å²) in [6, 6.07) is 0. The summed E-state index contributed by atoms with van der Waals surface area (Å²) < 4.78 is 0. The van der Waals surface area contributed by atoms with Gasteiger partial charge in [0.05, 0.1) is 5.92 Å². The Morgan fingerprint density at radius 3 is 2.40 bits per heavy atom. The Balaban J connectivity index is 2.42. The Hall–Kier alpha value is -0.660. The summed E-state index contributed by atoms with van der Waals surface area (Å²) in [7, 11) is 0. The van der Waals surface area contributed by atoms with Gasteiger partial charge in [0.15, 0.2) is 0 Å². The highest BCUT2D eigenvalue weighted by atomic mass is 16.2. The summed E-state index contributed by atoms with van der Waals surface area (Å²) in [5, 5.41) is 0. The van der Waals surface area contributed by atoms with Crippen LogP contribution in [0.15, 0.2) is 0 Å². The summed E-state index contributed by atoms with van der Waals surface area (Å²) in [4.78, 5) is 24.1. The number of rotatable bonds is 2. The minimum atomic E-state index is -0.288. The fourth-order valence-electron chi connectivity index (χ4n) is 3.68. The van der Waals surface area contributed by atoms with Crippen molar-refractivity contribution in [3.8, 4) is 0 Å². The van der Waals surface area contributed by atoms with Crippen LogP contribution in [0.25, 0.3) is 0 Å². The van der Waals surface area contributed by atoms with Gasteiger partial charge in [-0.25, -0.2) is 0 Å². The molecule has 0 aromatic carbocycles. The number of carbonyl (C=O) groups is 2. The lowest BCUT2D eigenvalue weighted by molar-refractivity contribution is -0.137. The van der Waals surface area contributed by atoms with Crippen molar-refractivity contribution in [2.24, 2.45) is 22.7 Å². The second kappa shape index (κ2) is 2.93. The van der Waals surface area contributed by atoms with Crippen molar-refractivity contribution < 1.29 is 9.59 Å². The molecule has 0 N–H and O–H groups in total. The largest absolute Gasteiger partial charge is 0.299 e. The van der Waals surface area contributed by atoms with Crippen molar-refractivity contribution in [3.63, 3.8) is 0 Å². The molecule has 0 radical (unpaired) electrons. The zero-order valence-corrected chi connectivity index (χ0v) is 10.1. The molecule has 2 aliphatic carbocycles. The molecule has 2 rings (SSSR count). The van der Waals surface area contributed by atoms with Gasteiger partial charge in [0, 0.05) is 11.8 Å². The fourth-order valence-corrected chi connectivity index (χ4v) is 3.68. The fraction of sp³-hybridized carbons (Fsp3) is 0.846. The molecule has 0 aromatic rings. The van der Waals surface area contributed by atoms with E-state index in [0.717, 1.165) is 12.8 Å². The Morgan fingerprint density at radius 1 is 1.40 bits per heavy atom. The Labute approximate surface area is 91.4 Å². The van der Waals surface area contributed by atoms with E-state index in [4.69, 9.17) is 0 Å². The first-order valence-corrected chi connectivity index (χ1v) is 5.93. The zero-order valence-electron chi connectivity index (χ0n) is 10.1. The molecular weight excluding hydrogens is 188 g/mol. The van der Waals surface area contributed by atoms with Crippen LogP contribution in [-0.2, 0) is 9.59 Å². The first-order chi connectivity index (χ1) is 6.86. The second-order valence-electron chi connectivity index (χ2n) is 5.86. The van der Waals surface area contributed by atoms with Gasteiger partial charge in [0.2, 0.25) is 0 Å². The average Bonchev–Trinajstić information content (AvgIpc) is 2.48. The van der Waals surface area contributed by atoms with Gasteiger partial charge in [0.1, 0.15) is 11.6 Å². The van der Waals surface area contributed by atoms with E-state index in [2.05, 4.69) is 20.8 Å². The lowest BCUT2D eigenvalue weighted by atomic mass is 9.70. The summed E-state index contributed by atoms with van der Waals surface area (Å²) in [6.45, 7) is 8.23. The van der Waals surface area contributed by atoms with E-state index in [1.165, 1.54) is 0 Å². The number of hydrogen-bond acceptors (Lipinski definition) is 2. The highest BCUT2D eigenvalue weighted by molar-refractivity contribution is 6.08. The number of ketones is 2. The molecule has 2 nitrogen and oxygen atoms in total. The number of hydrogen-bond donors (Lipinski definition) is 0. The monoisotopic (exact) mass is 208 g/mol. The van der Waals surface area contributed by atoms with Crippen LogP contribution in [0, 0.1) is 22.7 Å². The standard InChI is InChI=1S/C13H20O2/c1-5-9(14)10-8-6-7-13(4,11(10)15)12(8,2)3/h8,10H,5-7H2,1-4H3/t8-,10+,13+/m1/s1. The summed E-state index contributed by atoms with van der Waals surface area (Å²) >= 11 is 0. The third kappa shape index (κ3) is 1.05. The van der Waals surface area contributed by atoms with Crippen LogP contribution in [0.2, 0.25) is 0 Å². The number of fused-ring (bicyclic) bond motifs is 2. The van der Waals surface area contributed by atoms with Gasteiger partial charge in [0.25, 0.3) is 0 Å². The molecule has 0 aromatic heterocycles. The van der Waals surface area contributed by atoms with E-state index in [9.17, 15) is 9.59 Å². The molecular formula is C13H20O2. The molecule has 2 heteroatoms. The van der Waals surface area contributed by atoms with Crippen molar-refractivity contribution in [1.29, 1.82) is 0 Å². The Morgan fingerprint density at radius 2 is 2.00 bits per heavy atom. The van der Waals surface area contributed by atoms with Gasteiger partial charge in [-0.05, 0) is 24.2 Å². The van der Waals surface area contributed by atoms with Crippen molar-refractivity contribution in [2.45, 2.75) is 47.0 Å². The second-order valence-corrected chi connectivity index (χ2v) is 5.86. The van der Waals surface area contributed by atoms with Gasteiger partial charge in [-0.1, -0.05) is 27.7 Å². The van der Waals surface area contributed by atoms with E-state index >= 15 is 0 Å². The van der Waals surface area contributed by atoms with Gasteiger partial charge in [-0.15, -0.1) is 0 Å². The topological polar surface area (TPSA) is 34.1 Å². The quantitative estimate of drug-likeness (QED) is 0.654. The average molecular weight is 208 g/mol. The zero-order chi connectivity index (χ0) is 11.4. The van der Waals surface area contributed by atoms with E-state index < -0.39 is 0 Å². The van der Waals surface area contributed by atoms with Crippen molar-refractivity contribution in [1.82, 2.24) is 0 Å². The van der Waals surface area contributed by atoms with Crippen LogP contribution in [0.3, 0.4) is 0 Å². The molecule has 0 amide bonds. The number of carbonyl (C=O) groups excluding carboxylic acids is 2. The predicted molar refractivity (Wildman–Crippen MR) is 58.4 cm³/mol. The molecule has 0 unspecified atom stereocenters. The predicted octanol–water partition coefficient (Wildman–Crippen LogP) is 2.61. The molecule has 2 aliphatic rings. The van der Waals surface area contributed by atoms with E-state index in [0.29, 0.717) is 12.3 Å². The first-order valence-electron chi connectivity index (χ1n) is 5.93. The maximum Gasteiger partial charge on any atom is 0.150 e. The van der Waals surface area contributed by atoms with Crippen molar-refractivity contribution in [2.75, 3.05) is 0 Å². The summed E-state index contributed by atoms with van der Waals surface area (Å²) in [5.41, 5.74) is -0.229. The van der Waals surface area contributed by atoms with Gasteiger partial charge >= 0.3 is 0 Å². The summed E-state index contributed by atoms with van der Waals surface area (Å²) in [5.74, 6) is 0.378. The van der Waals surface area contributed by atoms with Crippen LogP contribution in [0.5, 0.6) is 0 Å². The third-order valence-corrected chi connectivity index (χ3v) is 5.23. The molecule has 0 heterocycles. The van der Waals surface area contributed by atoms with Gasteiger partial charge < -0.3 is 0 Å². The van der Waals surface area contributed by atoms with Gasteiger partial charge in [-0.2, -0.15) is 0 Å². The molecule has 2 saturated carbocycles. The first kappa shape index (κ1) is 10.8. The third-order valence-electron chi connectivity index (χ3n) is 5.23. The van der Waals surface area contributed by atoms with Gasteiger partial charge in [-0.3, -0.25) is 9.59 Å². The SMILES string of the molecule is CCC(=O)[C@H]1C(=O)[C@]2(C)CC[C@H]1C2(C)C. The van der Waals surface area contributed by atoms with Crippen LogP contribution >= 0.6 is 0 Å². The minimum absolute atomic E-state index is 0.0135. The van der Waals surface area contributed by atoms with E-state index in [1.807, 2.05) is 6.92 Å². The van der Waals surface area contributed by atoms with Crippen molar-refractivity contribution in [3.05, 3.63) is 0 Å². The Kier molecular flexibility index (Phi) is 2.12. The lowest BCUT2D eigenvalue weighted by Gasteiger charge is -2.32. The molecule has 2 fully saturated rings. The molecule has 0 saturated heterocycles.